The highest BCUT2D eigenvalue weighted by Crippen LogP contribution is 2.23. The molecular weight excluding hydrogens is 318 g/mol. The van der Waals surface area contributed by atoms with Crippen molar-refractivity contribution in [3.8, 4) is 0 Å². The van der Waals surface area contributed by atoms with Gasteiger partial charge in [-0.05, 0) is 27.9 Å². The summed E-state index contributed by atoms with van der Waals surface area (Å²) in [5, 5.41) is 4.40. The predicted octanol–water partition coefficient (Wildman–Crippen LogP) is 2.63. The third-order valence-electron chi connectivity index (χ3n) is 3.34. The molecule has 0 radical (unpaired) electrons. The van der Waals surface area contributed by atoms with Crippen molar-refractivity contribution >= 4 is 21.7 Å². The van der Waals surface area contributed by atoms with Crippen LogP contribution in [0.3, 0.4) is 0 Å². The van der Waals surface area contributed by atoms with Crippen molar-refractivity contribution in [1.29, 1.82) is 0 Å². The Bertz CT molecular complexity index is 617. The van der Waals surface area contributed by atoms with E-state index in [4.69, 9.17) is 5.73 Å². The van der Waals surface area contributed by atoms with E-state index in [1.807, 2.05) is 38.2 Å². The molecule has 0 fully saturated rings. The summed E-state index contributed by atoms with van der Waals surface area (Å²) in [7, 11) is 1.87. The van der Waals surface area contributed by atoms with E-state index in [1.54, 1.807) is 4.68 Å². The average Bonchev–Trinajstić information content (AvgIpc) is 2.74. The van der Waals surface area contributed by atoms with E-state index in [-0.39, 0.29) is 5.78 Å². The molecule has 0 spiro atoms. The first-order valence-electron chi connectivity index (χ1n) is 6.59. The van der Waals surface area contributed by atoms with Crippen molar-refractivity contribution in [3.05, 3.63) is 51.3 Å². The Balaban J connectivity index is 2.20. The molecule has 0 aliphatic rings. The summed E-state index contributed by atoms with van der Waals surface area (Å²) in [5.74, 6) is 0.0833. The number of nitrogens with zero attached hydrogens (tertiary/aromatic N) is 2. The molecule has 0 saturated carbocycles. The molecule has 1 heterocycles. The van der Waals surface area contributed by atoms with Gasteiger partial charge in [0.15, 0.2) is 5.78 Å². The fraction of sp³-hybridized carbons (Fsp3) is 0.333. The van der Waals surface area contributed by atoms with E-state index < -0.39 is 0 Å². The van der Waals surface area contributed by atoms with Crippen molar-refractivity contribution in [1.82, 2.24) is 9.78 Å². The van der Waals surface area contributed by atoms with Gasteiger partial charge >= 0.3 is 0 Å². The molecule has 0 amide bonds. The van der Waals surface area contributed by atoms with Gasteiger partial charge in [-0.3, -0.25) is 9.48 Å². The van der Waals surface area contributed by atoms with Gasteiger partial charge in [0.25, 0.3) is 0 Å². The first-order chi connectivity index (χ1) is 9.56. The standard InChI is InChI=1S/C15H18BrN3O/c1-3-12-15(16)13(19(2)18-12)8-14(20)11-6-4-10(9-17)5-7-11/h4-7H,3,8-9,17H2,1-2H3. The van der Waals surface area contributed by atoms with Crippen molar-refractivity contribution < 1.29 is 4.79 Å². The number of hydrogen-bond acceptors (Lipinski definition) is 3. The van der Waals surface area contributed by atoms with Gasteiger partial charge in [-0.15, -0.1) is 0 Å². The third kappa shape index (κ3) is 2.99. The van der Waals surface area contributed by atoms with Crippen LogP contribution in [0.5, 0.6) is 0 Å². The minimum absolute atomic E-state index is 0.0833. The number of hydrogen-bond donors (Lipinski definition) is 1. The molecule has 4 nitrogen and oxygen atoms in total. The van der Waals surface area contributed by atoms with E-state index in [9.17, 15) is 4.79 Å². The first kappa shape index (κ1) is 14.9. The Labute approximate surface area is 127 Å². The highest BCUT2D eigenvalue weighted by Gasteiger charge is 2.16. The molecule has 1 aromatic carbocycles. The van der Waals surface area contributed by atoms with Crippen LogP contribution in [0, 0.1) is 0 Å². The summed E-state index contributed by atoms with van der Waals surface area (Å²) >= 11 is 3.53. The number of carbonyl (C=O) groups excluding carboxylic acids is 1. The topological polar surface area (TPSA) is 60.9 Å². The monoisotopic (exact) mass is 335 g/mol. The summed E-state index contributed by atoms with van der Waals surface area (Å²) in [6.45, 7) is 2.53. The summed E-state index contributed by atoms with van der Waals surface area (Å²) < 4.78 is 2.71. The molecule has 2 aromatic rings. The van der Waals surface area contributed by atoms with Gasteiger partial charge in [0.05, 0.1) is 22.3 Å². The number of halogens is 1. The summed E-state index contributed by atoms with van der Waals surface area (Å²) in [4.78, 5) is 12.3. The highest BCUT2D eigenvalue weighted by atomic mass is 79.9. The highest BCUT2D eigenvalue weighted by molar-refractivity contribution is 9.10. The number of rotatable bonds is 5. The molecule has 2 rings (SSSR count). The SMILES string of the molecule is CCc1nn(C)c(CC(=O)c2ccc(CN)cc2)c1Br. The Kier molecular flexibility index (Phi) is 4.73. The van der Waals surface area contributed by atoms with Gasteiger partial charge in [-0.25, -0.2) is 0 Å². The molecule has 0 bridgehead atoms. The lowest BCUT2D eigenvalue weighted by molar-refractivity contribution is 0.0990. The van der Waals surface area contributed by atoms with Gasteiger partial charge in [0.2, 0.25) is 0 Å². The second-order valence-corrected chi connectivity index (χ2v) is 5.48. The molecule has 0 unspecified atom stereocenters. The van der Waals surface area contributed by atoms with Gasteiger partial charge in [-0.1, -0.05) is 31.2 Å². The van der Waals surface area contributed by atoms with Crippen LogP contribution in [0.25, 0.3) is 0 Å². The van der Waals surface area contributed by atoms with E-state index in [0.717, 1.165) is 27.8 Å². The van der Waals surface area contributed by atoms with Crippen LogP contribution >= 0.6 is 15.9 Å². The molecule has 0 aliphatic carbocycles. The van der Waals surface area contributed by atoms with Crippen molar-refractivity contribution in [2.75, 3.05) is 0 Å². The van der Waals surface area contributed by atoms with Gasteiger partial charge < -0.3 is 5.73 Å². The Morgan fingerprint density at radius 3 is 2.50 bits per heavy atom. The number of aryl methyl sites for hydroxylation is 2. The lowest BCUT2D eigenvalue weighted by Gasteiger charge is -2.04. The fourth-order valence-electron chi connectivity index (χ4n) is 2.09. The number of nitrogens with two attached hydrogens (primary N) is 1. The molecule has 20 heavy (non-hydrogen) atoms. The maximum Gasteiger partial charge on any atom is 0.168 e. The molecule has 0 saturated heterocycles. The number of Topliss-reactive ketones (excluding diaryl/α,β-unsaturated/α-hetero) is 1. The maximum absolute atomic E-state index is 12.3. The smallest absolute Gasteiger partial charge is 0.168 e. The number of benzene rings is 1. The van der Waals surface area contributed by atoms with Crippen LogP contribution in [0.15, 0.2) is 28.7 Å². The number of ketones is 1. The normalized spacial score (nSPS) is 10.8. The zero-order valence-corrected chi connectivity index (χ0v) is 13.3. The summed E-state index contributed by atoms with van der Waals surface area (Å²) in [5.41, 5.74) is 9.17. The molecule has 0 aliphatic heterocycles. The van der Waals surface area contributed by atoms with Crippen LogP contribution < -0.4 is 5.73 Å². The number of aromatic nitrogens is 2. The van der Waals surface area contributed by atoms with Crippen molar-refractivity contribution in [2.24, 2.45) is 12.8 Å². The average molecular weight is 336 g/mol. The van der Waals surface area contributed by atoms with Crippen LogP contribution in [-0.4, -0.2) is 15.6 Å². The second-order valence-electron chi connectivity index (χ2n) is 4.69. The lowest BCUT2D eigenvalue weighted by atomic mass is 10.0. The molecule has 106 valence electrons. The summed E-state index contributed by atoms with van der Waals surface area (Å²) in [6, 6.07) is 7.44. The van der Waals surface area contributed by atoms with Crippen molar-refractivity contribution in [2.45, 2.75) is 26.3 Å². The second kappa shape index (κ2) is 6.33. The van der Waals surface area contributed by atoms with Crippen molar-refractivity contribution in [3.63, 3.8) is 0 Å². The quantitative estimate of drug-likeness (QED) is 0.854. The zero-order valence-electron chi connectivity index (χ0n) is 11.7. The van der Waals surface area contributed by atoms with Gasteiger partial charge in [-0.2, -0.15) is 5.10 Å². The molecule has 2 N–H and O–H groups in total. The minimum Gasteiger partial charge on any atom is -0.326 e. The van der Waals surface area contributed by atoms with Crippen LogP contribution in [0.1, 0.15) is 34.2 Å². The van der Waals surface area contributed by atoms with E-state index in [2.05, 4.69) is 21.0 Å². The lowest BCUT2D eigenvalue weighted by Crippen LogP contribution is -2.08. The minimum atomic E-state index is 0.0833. The van der Waals surface area contributed by atoms with E-state index >= 15 is 0 Å². The molecule has 1 aromatic heterocycles. The third-order valence-corrected chi connectivity index (χ3v) is 4.26. The van der Waals surface area contributed by atoms with Crippen LogP contribution in [-0.2, 0) is 26.4 Å². The van der Waals surface area contributed by atoms with Gasteiger partial charge in [0, 0.05) is 19.2 Å². The molecule has 5 heteroatoms. The number of carbonyl (C=O) groups is 1. The van der Waals surface area contributed by atoms with E-state index in [0.29, 0.717) is 18.5 Å². The molecule has 0 atom stereocenters. The van der Waals surface area contributed by atoms with Crippen LogP contribution in [0.2, 0.25) is 0 Å². The Morgan fingerprint density at radius 2 is 2.00 bits per heavy atom. The van der Waals surface area contributed by atoms with Crippen LogP contribution in [0.4, 0.5) is 0 Å². The van der Waals surface area contributed by atoms with E-state index in [1.165, 1.54) is 0 Å². The maximum atomic E-state index is 12.3. The molecular formula is C15H18BrN3O. The first-order valence-corrected chi connectivity index (χ1v) is 7.38. The Hall–Kier alpha value is -1.46. The summed E-state index contributed by atoms with van der Waals surface area (Å²) in [6.07, 6.45) is 1.18. The Morgan fingerprint density at radius 1 is 1.35 bits per heavy atom. The fourth-order valence-corrected chi connectivity index (χ4v) is 2.85. The zero-order chi connectivity index (χ0) is 14.7. The predicted molar refractivity (Wildman–Crippen MR) is 82.7 cm³/mol. The van der Waals surface area contributed by atoms with Gasteiger partial charge in [0.1, 0.15) is 0 Å². The largest absolute Gasteiger partial charge is 0.326 e.